The summed E-state index contributed by atoms with van der Waals surface area (Å²) >= 11 is 0. The molecule has 2 atom stereocenters. The Hall–Kier alpha value is -4.14. The van der Waals surface area contributed by atoms with Gasteiger partial charge in [-0.25, -0.2) is 4.39 Å². The molecule has 236 valence electrons. The Morgan fingerprint density at radius 3 is 2.57 bits per heavy atom. The maximum atomic E-state index is 14.0. The summed E-state index contributed by atoms with van der Waals surface area (Å²) < 4.78 is 35.7. The van der Waals surface area contributed by atoms with E-state index in [2.05, 4.69) is 25.6 Å². The quantitative estimate of drug-likeness (QED) is 0.305. The number of methoxy groups -OCH3 is 2. The second-order valence-electron chi connectivity index (χ2n) is 10.6. The molecule has 0 aliphatic carbocycles. The third-order valence-corrected chi connectivity index (χ3v) is 7.73. The highest BCUT2D eigenvalue weighted by Gasteiger charge is 2.33. The van der Waals surface area contributed by atoms with Gasteiger partial charge >= 0.3 is 0 Å². The van der Waals surface area contributed by atoms with Crippen LogP contribution in [0, 0.1) is 5.82 Å². The first kappa shape index (κ1) is 31.3. The molecule has 14 heteroatoms. The van der Waals surface area contributed by atoms with Crippen LogP contribution in [0.3, 0.4) is 0 Å². The summed E-state index contributed by atoms with van der Waals surface area (Å²) in [6.45, 7) is 4.10. The number of hydrogen-bond donors (Lipinski definition) is 1. The van der Waals surface area contributed by atoms with Gasteiger partial charge in [0.1, 0.15) is 18.4 Å². The van der Waals surface area contributed by atoms with Crippen molar-refractivity contribution in [3.8, 4) is 22.9 Å². The van der Waals surface area contributed by atoms with E-state index >= 15 is 0 Å². The van der Waals surface area contributed by atoms with E-state index in [1.807, 2.05) is 0 Å². The first-order valence-electron chi connectivity index (χ1n) is 14.7. The average Bonchev–Trinajstić information content (AvgIpc) is 3.75. The van der Waals surface area contributed by atoms with Crippen LogP contribution in [0.2, 0.25) is 0 Å². The van der Waals surface area contributed by atoms with E-state index in [9.17, 15) is 14.0 Å². The zero-order chi connectivity index (χ0) is 30.9. The lowest BCUT2D eigenvalue weighted by Crippen LogP contribution is -2.49. The fourth-order valence-corrected chi connectivity index (χ4v) is 5.32. The van der Waals surface area contributed by atoms with Gasteiger partial charge in [0, 0.05) is 44.9 Å². The molecule has 2 saturated heterocycles. The van der Waals surface area contributed by atoms with Crippen LogP contribution >= 0.6 is 0 Å². The zero-order valence-electron chi connectivity index (χ0n) is 25.0. The third-order valence-electron chi connectivity index (χ3n) is 7.73. The minimum Gasteiger partial charge on any atom is -0.493 e. The van der Waals surface area contributed by atoms with E-state index < -0.39 is 17.8 Å². The van der Waals surface area contributed by atoms with Crippen LogP contribution in [0.4, 0.5) is 4.39 Å². The number of benzene rings is 2. The van der Waals surface area contributed by atoms with Crippen molar-refractivity contribution < 1.29 is 32.9 Å². The highest BCUT2D eigenvalue weighted by atomic mass is 19.1. The van der Waals surface area contributed by atoms with Crippen LogP contribution in [0.15, 0.2) is 42.5 Å². The number of ether oxygens (including phenoxy) is 4. The number of hydrogen-bond acceptors (Lipinski definition) is 10. The van der Waals surface area contributed by atoms with E-state index in [4.69, 9.17) is 18.9 Å². The third kappa shape index (κ3) is 7.87. The van der Waals surface area contributed by atoms with Gasteiger partial charge in [-0.3, -0.25) is 14.5 Å². The molecule has 44 heavy (non-hydrogen) atoms. The maximum absolute atomic E-state index is 14.0. The summed E-state index contributed by atoms with van der Waals surface area (Å²) in [7, 11) is 3.08. The fraction of sp³-hybridized carbons (Fsp3) is 0.500. The van der Waals surface area contributed by atoms with E-state index in [1.165, 1.54) is 41.1 Å². The predicted octanol–water partition coefficient (Wildman–Crippen LogP) is 1.69. The second kappa shape index (κ2) is 15.0. The van der Waals surface area contributed by atoms with Crippen molar-refractivity contribution in [2.75, 3.05) is 66.8 Å². The summed E-state index contributed by atoms with van der Waals surface area (Å²) in [6, 6.07) is 9.84. The molecule has 0 unspecified atom stereocenters. The first-order chi connectivity index (χ1) is 21.4. The van der Waals surface area contributed by atoms with E-state index in [-0.39, 0.29) is 25.1 Å². The number of halogens is 1. The molecule has 0 spiro atoms. The summed E-state index contributed by atoms with van der Waals surface area (Å²) in [5, 5.41) is 15.6. The number of tetrazole rings is 1. The molecular weight excluding hydrogens is 573 g/mol. The molecule has 3 heterocycles. The number of nitrogens with one attached hydrogen (secondary N) is 1. The van der Waals surface area contributed by atoms with Crippen molar-refractivity contribution in [3.63, 3.8) is 0 Å². The Balaban J connectivity index is 1.39. The Bertz CT molecular complexity index is 1390. The molecule has 0 bridgehead atoms. The van der Waals surface area contributed by atoms with Crippen LogP contribution in [-0.2, 0) is 25.6 Å². The molecule has 0 radical (unpaired) electrons. The highest BCUT2D eigenvalue weighted by molar-refractivity contribution is 5.88. The number of amides is 2. The second-order valence-corrected chi connectivity index (χ2v) is 10.6. The first-order valence-corrected chi connectivity index (χ1v) is 14.7. The number of carbonyl (C=O) groups excluding carboxylic acids is 2. The van der Waals surface area contributed by atoms with Gasteiger partial charge < -0.3 is 29.2 Å². The van der Waals surface area contributed by atoms with Gasteiger partial charge in [0.2, 0.25) is 17.6 Å². The van der Waals surface area contributed by atoms with Gasteiger partial charge in [0.05, 0.1) is 33.5 Å². The van der Waals surface area contributed by atoms with Crippen LogP contribution < -0.4 is 14.8 Å². The summed E-state index contributed by atoms with van der Waals surface area (Å²) in [5.74, 6) is 0.147. The molecule has 2 fully saturated rings. The Morgan fingerprint density at radius 1 is 1.09 bits per heavy atom. The number of morpholine rings is 1. The fourth-order valence-electron chi connectivity index (χ4n) is 5.32. The van der Waals surface area contributed by atoms with Gasteiger partial charge in [-0.05, 0) is 54.0 Å². The van der Waals surface area contributed by atoms with Crippen LogP contribution in [0.25, 0.3) is 11.4 Å². The topological polar surface area (TPSA) is 133 Å². The van der Waals surface area contributed by atoms with Crippen molar-refractivity contribution in [2.45, 2.75) is 31.5 Å². The molecule has 2 aromatic carbocycles. The van der Waals surface area contributed by atoms with E-state index in [0.717, 1.165) is 12.8 Å². The molecule has 5 rings (SSSR count). The van der Waals surface area contributed by atoms with Gasteiger partial charge in [-0.1, -0.05) is 12.1 Å². The lowest BCUT2D eigenvalue weighted by molar-refractivity contribution is -0.142. The van der Waals surface area contributed by atoms with Crippen LogP contribution in [-0.4, -0.2) is 115 Å². The lowest BCUT2D eigenvalue weighted by atomic mass is 10.0. The van der Waals surface area contributed by atoms with Gasteiger partial charge in [0.25, 0.3) is 0 Å². The molecule has 13 nitrogen and oxygen atoms in total. The van der Waals surface area contributed by atoms with E-state index in [1.54, 1.807) is 25.3 Å². The monoisotopic (exact) mass is 611 g/mol. The van der Waals surface area contributed by atoms with Crippen LogP contribution in [0.1, 0.15) is 24.4 Å². The van der Waals surface area contributed by atoms with Crippen LogP contribution in [0.5, 0.6) is 11.5 Å². The Kier molecular flexibility index (Phi) is 10.7. The predicted molar refractivity (Wildman–Crippen MR) is 156 cm³/mol. The van der Waals surface area contributed by atoms with E-state index in [0.29, 0.717) is 74.5 Å². The standard InChI is InChI=1S/C30H38FN7O6/c1-41-25-10-7-22(18-26(25)42-2)29-33-35-38(34-29)20-27(39)37(12-11-36-13-16-43-17-14-36)28(21-5-8-23(31)9-6-21)30(40)32-19-24-4-3-15-44-24/h5-10,18,24,28H,3-4,11-17,19-20H2,1-2H3,(H,32,40)/t24-,28-/m0/s1. The number of nitrogens with zero attached hydrogens (tertiary/aromatic N) is 6. The summed E-state index contributed by atoms with van der Waals surface area (Å²) in [6.07, 6.45) is 1.70. The van der Waals surface area contributed by atoms with Gasteiger partial charge in [-0.2, -0.15) is 4.80 Å². The minimum absolute atomic E-state index is 0.0836. The molecular formula is C30H38FN7O6. The minimum atomic E-state index is -1.01. The SMILES string of the molecule is COc1ccc(-c2nnn(CC(=O)N(CCN3CCOCC3)[C@H](C(=O)NC[C@@H]3CCCO3)c3ccc(F)cc3)n2)cc1OC. The van der Waals surface area contributed by atoms with Gasteiger partial charge in [0.15, 0.2) is 11.5 Å². The van der Waals surface area contributed by atoms with Gasteiger partial charge in [-0.15, -0.1) is 10.2 Å². The largest absolute Gasteiger partial charge is 0.493 e. The average molecular weight is 612 g/mol. The molecule has 1 aromatic heterocycles. The van der Waals surface area contributed by atoms with Crippen molar-refractivity contribution >= 4 is 11.8 Å². The molecule has 2 aliphatic rings. The van der Waals surface area contributed by atoms with Crippen molar-refractivity contribution in [2.24, 2.45) is 0 Å². The zero-order valence-corrected chi connectivity index (χ0v) is 25.0. The molecule has 3 aromatic rings. The summed E-state index contributed by atoms with van der Waals surface area (Å²) in [5.41, 5.74) is 1.12. The normalized spacial score (nSPS) is 17.7. The number of carbonyl (C=O) groups is 2. The molecule has 2 amide bonds. The lowest BCUT2D eigenvalue weighted by Gasteiger charge is -2.34. The molecule has 2 aliphatic heterocycles. The van der Waals surface area contributed by atoms with Crippen molar-refractivity contribution in [1.82, 2.24) is 35.3 Å². The van der Waals surface area contributed by atoms with Crippen molar-refractivity contribution in [3.05, 3.63) is 53.8 Å². The molecule has 0 saturated carbocycles. The highest BCUT2D eigenvalue weighted by Crippen LogP contribution is 2.31. The number of aromatic nitrogens is 4. The van der Waals surface area contributed by atoms with Crippen molar-refractivity contribution in [1.29, 1.82) is 0 Å². The molecule has 1 N–H and O–H groups in total. The smallest absolute Gasteiger partial charge is 0.247 e. The summed E-state index contributed by atoms with van der Waals surface area (Å²) in [4.78, 5) is 32.7. The number of rotatable bonds is 13. The Labute approximate surface area is 255 Å². The Morgan fingerprint density at radius 2 is 1.86 bits per heavy atom. The maximum Gasteiger partial charge on any atom is 0.247 e.